The van der Waals surface area contributed by atoms with E-state index < -0.39 is 74.5 Å². The predicted molar refractivity (Wildman–Crippen MR) is 297 cm³/mol. The summed E-state index contributed by atoms with van der Waals surface area (Å²) in [6.07, 6.45) is 11.8. The average molecular weight is 1350 g/mol. The second kappa shape index (κ2) is 34.9. The van der Waals surface area contributed by atoms with Crippen molar-refractivity contribution >= 4 is 117 Å². The number of imide groups is 1. The number of benzene rings is 3. The van der Waals surface area contributed by atoms with E-state index in [1.807, 2.05) is 73.6 Å². The number of allylic oxidation sites excluding steroid dienone is 8. The molecule has 0 N–H and O–H groups in total. The van der Waals surface area contributed by atoms with Crippen LogP contribution in [0.4, 0.5) is 17.1 Å². The first-order chi connectivity index (χ1) is 38.7. The Bertz CT molecular complexity index is 3450. The molecule has 0 saturated carbocycles. The van der Waals surface area contributed by atoms with Crippen molar-refractivity contribution in [2.75, 3.05) is 53.2 Å². The minimum atomic E-state index is -5.29. The van der Waals surface area contributed by atoms with Crippen LogP contribution in [-0.2, 0) is 79.1 Å². The Morgan fingerprint density at radius 1 is 0.744 bits per heavy atom. The van der Waals surface area contributed by atoms with Crippen LogP contribution in [0.1, 0.15) is 116 Å². The van der Waals surface area contributed by atoms with Gasteiger partial charge in [0.05, 0.1) is 25.3 Å². The number of unbranched alkanes of at least 4 members (excludes halogenated alkanes) is 2. The Morgan fingerprint density at radius 2 is 1.38 bits per heavy atom. The quantitative estimate of drug-likeness (QED) is 0.00914. The molecule has 86 heavy (non-hydrogen) atoms. The molecule has 23 nitrogen and oxygen atoms in total. The van der Waals surface area contributed by atoms with Gasteiger partial charge in [-0.25, -0.2) is 30.0 Å². The molecule has 33 heteroatoms. The van der Waals surface area contributed by atoms with Gasteiger partial charge in [-0.2, -0.15) is 13.2 Å². The summed E-state index contributed by atoms with van der Waals surface area (Å²) in [5.74, 6) is -1.62. The number of amides is 2. The number of hydrogen-bond donors (Lipinski definition) is 0. The third kappa shape index (κ3) is 20.1. The summed E-state index contributed by atoms with van der Waals surface area (Å²) < 4.78 is 122. The monoisotopic (exact) mass is 1340 g/mol. The van der Waals surface area contributed by atoms with Crippen LogP contribution in [0, 0.1) is 0 Å². The van der Waals surface area contributed by atoms with Gasteiger partial charge in [-0.15, -0.1) is 5.06 Å². The Hall–Kier alpha value is -0.760. The summed E-state index contributed by atoms with van der Waals surface area (Å²) >= 11 is 9.08. The van der Waals surface area contributed by atoms with Gasteiger partial charge in [-0.05, 0) is 130 Å². The van der Waals surface area contributed by atoms with Gasteiger partial charge in [0, 0.05) is 137 Å². The van der Waals surface area contributed by atoms with Gasteiger partial charge in [-0.1, -0.05) is 37.6 Å². The first kappa shape index (κ1) is 79.5. The predicted octanol–water partition coefficient (Wildman–Crippen LogP) is -5.69. The number of hydrogen-bond acceptors (Lipinski definition) is 23. The van der Waals surface area contributed by atoms with Gasteiger partial charge in [0.2, 0.25) is 5.69 Å². The summed E-state index contributed by atoms with van der Waals surface area (Å²) in [5.41, 5.74) is 4.92. The van der Waals surface area contributed by atoms with Crippen LogP contribution in [-0.4, -0.2) is 115 Å². The molecule has 3 aromatic rings. The Balaban J connectivity index is 0.00000484. The van der Waals surface area contributed by atoms with E-state index in [1.165, 1.54) is 6.07 Å². The summed E-state index contributed by atoms with van der Waals surface area (Å²) in [7, 11) is -15.1. The van der Waals surface area contributed by atoms with Crippen molar-refractivity contribution in [2.24, 2.45) is 0 Å². The van der Waals surface area contributed by atoms with Gasteiger partial charge in [-0.3, -0.25) is 19.7 Å². The maximum absolute atomic E-state index is 12.6. The molecule has 3 heterocycles. The molecule has 3 aliphatic heterocycles. The van der Waals surface area contributed by atoms with Crippen molar-refractivity contribution in [3.05, 3.63) is 99.8 Å². The fraction of sp³-hybridized carbons (Fsp3) is 0.472. The molecule has 4 aliphatic rings. The molecule has 0 aromatic heterocycles. The largest absolute Gasteiger partial charge is 1.00 e. The van der Waals surface area contributed by atoms with Gasteiger partial charge in [0.1, 0.15) is 26.8 Å². The third-order valence-corrected chi connectivity index (χ3v) is 18.9. The zero-order valence-corrected chi connectivity index (χ0v) is 62.1. The molecule has 0 bridgehead atoms. The zero-order valence-electron chi connectivity index (χ0n) is 49.3. The van der Waals surface area contributed by atoms with Crippen LogP contribution in [0.25, 0.3) is 10.8 Å². The molecule has 0 atom stereocenters. The molecule has 7 rings (SSSR count). The van der Waals surface area contributed by atoms with Crippen LogP contribution in [0.15, 0.2) is 98.4 Å². The minimum Gasteiger partial charge on any atom is -0.748 e. The van der Waals surface area contributed by atoms with Crippen molar-refractivity contribution in [3.63, 3.8) is 0 Å². The van der Waals surface area contributed by atoms with Crippen molar-refractivity contribution < 1.29 is 210 Å². The molecule has 3 aromatic carbocycles. The minimum absolute atomic E-state index is 0. The molecular formula is C53H61ClN4Na4O19S5. The molecule has 1 aliphatic carbocycles. The van der Waals surface area contributed by atoms with E-state index in [4.69, 9.17) is 16.4 Å². The second-order valence-electron chi connectivity index (χ2n) is 20.9. The van der Waals surface area contributed by atoms with E-state index in [0.29, 0.717) is 116 Å². The maximum Gasteiger partial charge on any atom is 1.00 e. The Labute approximate surface area is 603 Å². The number of fused-ring (bicyclic) bond motifs is 4. The smallest absolute Gasteiger partial charge is 0.748 e. The molecule has 1 fully saturated rings. The van der Waals surface area contributed by atoms with E-state index in [2.05, 4.69) is 29.7 Å². The topological polar surface area (TPSA) is 328 Å². The molecule has 2 amide bonds. The Morgan fingerprint density at radius 3 is 1.98 bits per heavy atom. The van der Waals surface area contributed by atoms with E-state index in [9.17, 15) is 63.8 Å². The fourth-order valence-electron chi connectivity index (χ4n) is 10.9. The van der Waals surface area contributed by atoms with E-state index in [1.54, 1.807) is 6.07 Å². The average Bonchev–Trinajstić information content (AvgIpc) is 1.69. The molecule has 0 spiro atoms. The normalized spacial score (nSPS) is 17.5. The molecular weight excluding hydrogens is 1280 g/mol. The molecule has 0 unspecified atom stereocenters. The van der Waals surface area contributed by atoms with Crippen LogP contribution >= 0.6 is 35.7 Å². The standard InChI is InChI=1S/C53H65ClN4O19S5.4Na/c1-52(2)41-32-37(55(25-9-29-78-76-74-62)26-10-30-79-77-75-63)17-19-42(41)56(28-11-31-80(64,65)66)45(52)21-15-35-12-8-13-36(51(35)54)16-22-46-53(3,4)50-40-33-38(81(67,68)69)34-44(82(70,71)72)39(40)18-20-43(50)57(46)27-7-5-6-14-49(61)73-58-47(59)23-24-48(58)60;;;;/h15-22,32-34H,5-14,23-31H2,1-4H3,(H4-,62,63,64,65,66,67,68,69,70,71,72);;;;/q;4*+1/p-4. The van der Waals surface area contributed by atoms with Gasteiger partial charge >= 0.3 is 124 Å². The summed E-state index contributed by atoms with van der Waals surface area (Å²) in [5, 5.41) is 28.6. The summed E-state index contributed by atoms with van der Waals surface area (Å²) in [6, 6.07) is 10.6. The first-order valence-corrected chi connectivity index (χ1v) is 32.8. The number of carbonyl (C=O) groups is 3. The zero-order chi connectivity index (χ0) is 59.8. The van der Waals surface area contributed by atoms with Crippen molar-refractivity contribution in [3.8, 4) is 0 Å². The van der Waals surface area contributed by atoms with E-state index in [0.717, 1.165) is 63.9 Å². The summed E-state index contributed by atoms with van der Waals surface area (Å²) in [4.78, 5) is 44.0. The third-order valence-electron chi connectivity index (χ3n) is 14.7. The SMILES string of the molecule is CC1(C)C(/C=C/C2=C(Cl)C(=C/C=C3/N(CCCS(=O)(=O)[O-])c4ccc(N(CCCSOO[O-])CCCSOO[O-])cc4C3(C)C)/CCC2)=[N+](CCCCCC(=O)ON2C(=O)CCC2=O)c2ccc3c(S(=O)(=O)[O-])cc(S(=O)(=O)[O-])cc3c21.[Na+].[Na+].[Na+].[Na+]. The molecule has 1 saturated heterocycles. The van der Waals surface area contributed by atoms with Crippen LogP contribution in [0.5, 0.6) is 0 Å². The van der Waals surface area contributed by atoms with Crippen molar-refractivity contribution in [1.29, 1.82) is 0 Å². The first-order valence-electron chi connectivity index (χ1n) is 26.2. The molecule has 448 valence electrons. The van der Waals surface area contributed by atoms with Crippen molar-refractivity contribution in [2.45, 2.75) is 125 Å². The number of nitrogens with zero attached hydrogens (tertiary/aromatic N) is 4. The Kier molecular flexibility index (Phi) is 32.3. The fourth-order valence-corrected chi connectivity index (χ4v) is 13.7. The second-order valence-corrected chi connectivity index (χ2v) is 27.1. The number of carbonyl (C=O) groups excluding carboxylic acids is 3. The van der Waals surface area contributed by atoms with Crippen LogP contribution in [0.2, 0.25) is 0 Å². The summed E-state index contributed by atoms with van der Waals surface area (Å²) in [6.45, 7) is 9.39. The number of halogens is 1. The molecule has 0 radical (unpaired) electrons. The number of rotatable bonds is 29. The van der Waals surface area contributed by atoms with E-state index in [-0.39, 0.29) is 161 Å². The number of hydroxylamine groups is 2. The van der Waals surface area contributed by atoms with Crippen LogP contribution in [0.3, 0.4) is 0 Å². The van der Waals surface area contributed by atoms with Crippen molar-refractivity contribution in [1.82, 2.24) is 5.06 Å². The van der Waals surface area contributed by atoms with Gasteiger partial charge < -0.3 is 38.8 Å². The van der Waals surface area contributed by atoms with Gasteiger partial charge in [0.15, 0.2) is 5.71 Å². The number of anilines is 2. The van der Waals surface area contributed by atoms with Crippen LogP contribution < -0.4 is 139 Å². The van der Waals surface area contributed by atoms with Gasteiger partial charge in [0.25, 0.3) is 11.8 Å². The van der Waals surface area contributed by atoms with E-state index >= 15 is 0 Å². The maximum atomic E-state index is 12.6.